The van der Waals surface area contributed by atoms with Crippen LogP contribution in [0.25, 0.3) is 11.1 Å². The summed E-state index contributed by atoms with van der Waals surface area (Å²) in [5.41, 5.74) is 2.22. The van der Waals surface area contributed by atoms with Crippen LogP contribution in [0.5, 0.6) is 5.75 Å². The van der Waals surface area contributed by atoms with Crippen LogP contribution in [0.3, 0.4) is 0 Å². The Labute approximate surface area is 117 Å². The van der Waals surface area contributed by atoms with Crippen LogP contribution in [0.15, 0.2) is 36.4 Å². The number of rotatable bonds is 4. The van der Waals surface area contributed by atoms with Crippen molar-refractivity contribution in [3.63, 3.8) is 0 Å². The monoisotopic (exact) mass is 279 g/mol. The number of halogens is 2. The molecule has 0 fully saturated rings. The summed E-state index contributed by atoms with van der Waals surface area (Å²) in [5.74, 6) is 0.145. The second-order valence-corrected chi connectivity index (χ2v) is 4.60. The van der Waals surface area contributed by atoms with Crippen LogP contribution < -0.4 is 10.1 Å². The second-order valence-electron chi connectivity index (χ2n) is 4.19. The van der Waals surface area contributed by atoms with E-state index in [4.69, 9.17) is 16.3 Å². The summed E-state index contributed by atoms with van der Waals surface area (Å²) in [4.78, 5) is 0. The third-order valence-corrected chi connectivity index (χ3v) is 3.19. The molecule has 0 saturated carbocycles. The van der Waals surface area contributed by atoms with Crippen molar-refractivity contribution in [2.45, 2.75) is 6.54 Å². The summed E-state index contributed by atoms with van der Waals surface area (Å²) in [6.07, 6.45) is 0. The third kappa shape index (κ3) is 3.06. The molecule has 0 atom stereocenters. The van der Waals surface area contributed by atoms with Crippen LogP contribution in [-0.4, -0.2) is 14.2 Å². The van der Waals surface area contributed by atoms with Crippen molar-refractivity contribution in [3.05, 3.63) is 52.8 Å². The zero-order valence-electron chi connectivity index (χ0n) is 10.8. The van der Waals surface area contributed by atoms with Gasteiger partial charge in [0.15, 0.2) is 0 Å². The summed E-state index contributed by atoms with van der Waals surface area (Å²) in [6.45, 7) is 0.727. The van der Waals surface area contributed by atoms with E-state index in [9.17, 15) is 4.39 Å². The van der Waals surface area contributed by atoms with Gasteiger partial charge in [-0.2, -0.15) is 0 Å². The van der Waals surface area contributed by atoms with E-state index in [-0.39, 0.29) is 5.82 Å². The van der Waals surface area contributed by atoms with E-state index in [0.717, 1.165) is 12.1 Å². The van der Waals surface area contributed by atoms with Crippen LogP contribution >= 0.6 is 11.6 Å². The summed E-state index contributed by atoms with van der Waals surface area (Å²) in [7, 11) is 3.37. The lowest BCUT2D eigenvalue weighted by atomic mass is 10.0. The molecule has 0 unspecified atom stereocenters. The van der Waals surface area contributed by atoms with Gasteiger partial charge in [-0.25, -0.2) is 4.39 Å². The van der Waals surface area contributed by atoms with Crippen LogP contribution in [-0.2, 0) is 6.54 Å². The maximum Gasteiger partial charge on any atom is 0.134 e. The van der Waals surface area contributed by atoms with Gasteiger partial charge in [-0.15, -0.1) is 0 Å². The Kier molecular flexibility index (Phi) is 4.40. The van der Waals surface area contributed by atoms with Crippen molar-refractivity contribution in [2.75, 3.05) is 14.2 Å². The molecule has 2 aromatic rings. The van der Waals surface area contributed by atoms with Crippen LogP contribution in [0, 0.1) is 5.82 Å². The van der Waals surface area contributed by atoms with E-state index in [1.54, 1.807) is 12.1 Å². The molecule has 0 spiro atoms. The second kappa shape index (κ2) is 6.04. The molecule has 0 heterocycles. The Bertz CT molecular complexity index is 586. The zero-order chi connectivity index (χ0) is 13.8. The molecule has 4 heteroatoms. The summed E-state index contributed by atoms with van der Waals surface area (Å²) in [5, 5.41) is 3.59. The van der Waals surface area contributed by atoms with Crippen LogP contribution in [0.1, 0.15) is 5.56 Å². The molecule has 0 aromatic heterocycles. The largest absolute Gasteiger partial charge is 0.497 e. The van der Waals surface area contributed by atoms with Crippen molar-refractivity contribution < 1.29 is 9.13 Å². The van der Waals surface area contributed by atoms with Gasteiger partial charge in [-0.05, 0) is 30.8 Å². The smallest absolute Gasteiger partial charge is 0.134 e. The van der Waals surface area contributed by atoms with Gasteiger partial charge in [0, 0.05) is 28.8 Å². The van der Waals surface area contributed by atoms with Gasteiger partial charge in [-0.1, -0.05) is 23.7 Å². The highest BCUT2D eigenvalue weighted by atomic mass is 35.5. The van der Waals surface area contributed by atoms with E-state index in [0.29, 0.717) is 21.9 Å². The molecule has 0 amide bonds. The Balaban J connectivity index is 2.41. The lowest BCUT2D eigenvalue weighted by Crippen LogP contribution is -2.04. The van der Waals surface area contributed by atoms with Crippen LogP contribution in [0.2, 0.25) is 5.02 Å². The molecule has 2 rings (SSSR count). The molecular formula is C15H15ClFNO. The van der Waals surface area contributed by atoms with Crippen LogP contribution in [0.4, 0.5) is 4.39 Å². The van der Waals surface area contributed by atoms with Gasteiger partial charge in [0.05, 0.1) is 7.11 Å². The van der Waals surface area contributed by atoms with Crippen molar-refractivity contribution in [1.82, 2.24) is 5.32 Å². The van der Waals surface area contributed by atoms with E-state index >= 15 is 0 Å². The van der Waals surface area contributed by atoms with E-state index in [2.05, 4.69) is 5.32 Å². The van der Waals surface area contributed by atoms with Crippen molar-refractivity contribution in [3.8, 4) is 16.9 Å². The normalized spacial score (nSPS) is 10.5. The van der Waals surface area contributed by atoms with Gasteiger partial charge < -0.3 is 10.1 Å². The highest BCUT2D eigenvalue weighted by Gasteiger charge is 2.10. The number of ether oxygens (including phenoxy) is 1. The number of methoxy groups -OCH3 is 1. The SMILES string of the molecule is CNCc1ccc(-c2ccc(OC)cc2F)c(Cl)c1. The Hall–Kier alpha value is -1.58. The third-order valence-electron chi connectivity index (χ3n) is 2.88. The van der Waals surface area contributed by atoms with E-state index in [1.807, 2.05) is 25.2 Å². The Morgan fingerprint density at radius 2 is 1.89 bits per heavy atom. The molecule has 0 radical (unpaired) electrons. The number of benzene rings is 2. The highest BCUT2D eigenvalue weighted by Crippen LogP contribution is 2.32. The topological polar surface area (TPSA) is 21.3 Å². The van der Waals surface area contributed by atoms with Gasteiger partial charge in [0.1, 0.15) is 11.6 Å². The predicted octanol–water partition coefficient (Wildman–Crippen LogP) is 3.87. The maximum absolute atomic E-state index is 14.0. The predicted molar refractivity (Wildman–Crippen MR) is 76.2 cm³/mol. The Morgan fingerprint density at radius 3 is 2.47 bits per heavy atom. The standard InChI is InChI=1S/C15H15ClFNO/c1-18-9-10-3-5-12(14(16)7-10)13-6-4-11(19-2)8-15(13)17/h3-8,18H,9H2,1-2H3. The number of hydrogen-bond acceptors (Lipinski definition) is 2. The van der Waals surface area contributed by atoms with Crippen molar-refractivity contribution in [1.29, 1.82) is 0 Å². The molecule has 0 aliphatic heterocycles. The molecule has 0 saturated heterocycles. The molecular weight excluding hydrogens is 265 g/mol. The minimum Gasteiger partial charge on any atom is -0.497 e. The first-order chi connectivity index (χ1) is 9.15. The lowest BCUT2D eigenvalue weighted by Gasteiger charge is -2.09. The average molecular weight is 280 g/mol. The molecule has 0 aliphatic carbocycles. The summed E-state index contributed by atoms with van der Waals surface area (Å²) in [6, 6.07) is 10.4. The fourth-order valence-electron chi connectivity index (χ4n) is 1.93. The first-order valence-electron chi connectivity index (χ1n) is 5.92. The maximum atomic E-state index is 14.0. The average Bonchev–Trinajstić information content (AvgIpc) is 2.40. The minimum absolute atomic E-state index is 0.345. The van der Waals surface area contributed by atoms with E-state index in [1.165, 1.54) is 13.2 Å². The molecule has 0 bridgehead atoms. The molecule has 19 heavy (non-hydrogen) atoms. The fraction of sp³-hybridized carbons (Fsp3) is 0.200. The van der Waals surface area contributed by atoms with Crippen molar-refractivity contribution in [2.24, 2.45) is 0 Å². The van der Waals surface area contributed by atoms with Crippen molar-refractivity contribution >= 4 is 11.6 Å². The minimum atomic E-state index is -0.345. The lowest BCUT2D eigenvalue weighted by molar-refractivity contribution is 0.411. The van der Waals surface area contributed by atoms with Gasteiger partial charge in [-0.3, -0.25) is 0 Å². The Morgan fingerprint density at radius 1 is 1.16 bits per heavy atom. The summed E-state index contributed by atoms with van der Waals surface area (Å²) >= 11 is 6.22. The first-order valence-corrected chi connectivity index (χ1v) is 6.30. The van der Waals surface area contributed by atoms with E-state index < -0.39 is 0 Å². The van der Waals surface area contributed by atoms with Gasteiger partial charge in [0.2, 0.25) is 0 Å². The molecule has 2 nitrogen and oxygen atoms in total. The number of nitrogens with one attached hydrogen (secondary N) is 1. The molecule has 1 N–H and O–H groups in total. The van der Waals surface area contributed by atoms with Gasteiger partial charge in [0.25, 0.3) is 0 Å². The van der Waals surface area contributed by atoms with Gasteiger partial charge >= 0.3 is 0 Å². The molecule has 0 aliphatic rings. The molecule has 2 aromatic carbocycles. The zero-order valence-corrected chi connectivity index (χ0v) is 11.6. The highest BCUT2D eigenvalue weighted by molar-refractivity contribution is 6.33. The first kappa shape index (κ1) is 13.8. The molecule has 100 valence electrons. The quantitative estimate of drug-likeness (QED) is 0.917. The summed E-state index contributed by atoms with van der Waals surface area (Å²) < 4.78 is 19.0. The number of hydrogen-bond donors (Lipinski definition) is 1. The fourth-order valence-corrected chi connectivity index (χ4v) is 2.24.